The summed E-state index contributed by atoms with van der Waals surface area (Å²) in [5.41, 5.74) is 3.26. The predicted octanol–water partition coefficient (Wildman–Crippen LogP) is 4.64. The molecule has 2 aromatic carbocycles. The summed E-state index contributed by atoms with van der Waals surface area (Å²) in [5.74, 6) is 1.14. The normalized spacial score (nSPS) is 20.1. The van der Waals surface area contributed by atoms with E-state index in [2.05, 4.69) is 73.3 Å². The molecule has 0 bridgehead atoms. The lowest BCUT2D eigenvalue weighted by Crippen LogP contribution is -2.67. The van der Waals surface area contributed by atoms with E-state index in [1.54, 1.807) is 6.20 Å². The monoisotopic (exact) mass is 655 g/mol. The molecule has 7 rings (SSSR count). The van der Waals surface area contributed by atoms with E-state index in [9.17, 15) is 13.6 Å². The Morgan fingerprint density at radius 1 is 0.917 bits per heavy atom. The molecule has 0 spiro atoms. The van der Waals surface area contributed by atoms with E-state index in [0.29, 0.717) is 62.2 Å². The van der Waals surface area contributed by atoms with E-state index in [1.807, 2.05) is 17.0 Å². The van der Waals surface area contributed by atoms with Crippen molar-refractivity contribution in [3.05, 3.63) is 107 Å². The summed E-state index contributed by atoms with van der Waals surface area (Å²) in [4.78, 5) is 37.9. The third-order valence-electron chi connectivity index (χ3n) is 9.45. The van der Waals surface area contributed by atoms with Crippen LogP contribution in [0.1, 0.15) is 57.7 Å². The van der Waals surface area contributed by atoms with Gasteiger partial charge in [0.25, 0.3) is 12.3 Å². The maximum atomic E-state index is 13.5. The number of rotatable bonds is 11. The Kier molecular flexibility index (Phi) is 9.53. The van der Waals surface area contributed by atoms with Crippen molar-refractivity contribution in [2.24, 2.45) is 0 Å². The lowest BCUT2D eigenvalue weighted by Gasteiger charge is -2.53. The van der Waals surface area contributed by atoms with Crippen LogP contribution in [0.4, 0.5) is 8.78 Å². The zero-order valence-corrected chi connectivity index (χ0v) is 26.9. The minimum atomic E-state index is -2.64. The molecule has 2 saturated heterocycles. The van der Waals surface area contributed by atoms with Gasteiger partial charge >= 0.3 is 0 Å². The van der Waals surface area contributed by atoms with Crippen LogP contribution in [-0.4, -0.2) is 105 Å². The first-order valence-corrected chi connectivity index (χ1v) is 16.5. The molecule has 2 aliphatic heterocycles. The topological polar surface area (TPSA) is 96.8 Å². The minimum absolute atomic E-state index is 0.0175. The van der Waals surface area contributed by atoms with Gasteiger partial charge < -0.3 is 14.4 Å². The van der Waals surface area contributed by atoms with Gasteiger partial charge in [-0.1, -0.05) is 60.7 Å². The summed E-state index contributed by atoms with van der Waals surface area (Å²) < 4.78 is 38.1. The molecule has 3 aliphatic rings. The van der Waals surface area contributed by atoms with Crippen molar-refractivity contribution in [2.75, 3.05) is 46.4 Å². The van der Waals surface area contributed by atoms with Crippen LogP contribution < -0.4 is 9.47 Å². The minimum Gasteiger partial charge on any atom is -0.481 e. The lowest BCUT2D eigenvalue weighted by molar-refractivity contribution is -0.0294. The average Bonchev–Trinajstić information content (AvgIpc) is 3.98. The smallest absolute Gasteiger partial charge is 0.274 e. The number of halogens is 2. The molecule has 1 aliphatic carbocycles. The van der Waals surface area contributed by atoms with E-state index in [4.69, 9.17) is 14.5 Å². The predicted molar refractivity (Wildman–Crippen MR) is 174 cm³/mol. The molecular formula is C36H39F2N7O3. The van der Waals surface area contributed by atoms with Crippen LogP contribution in [0.25, 0.3) is 0 Å². The van der Waals surface area contributed by atoms with Crippen molar-refractivity contribution in [1.29, 1.82) is 0 Å². The second-order valence-corrected chi connectivity index (χ2v) is 12.6. The van der Waals surface area contributed by atoms with Gasteiger partial charge in [0, 0.05) is 75.6 Å². The number of carbonyl (C=O) groups excluding carboxylic acids is 1. The SMILES string of the molecule is COc1nc(C2CC2)nc(OCC(F)F)c1CN1CC2CN(C(=O)c3cnccn3)CCN2C(C(c2ccccc2)c2ccccc2)C1. The number of hydrogen-bond acceptors (Lipinski definition) is 9. The highest BCUT2D eigenvalue weighted by Gasteiger charge is 2.44. The van der Waals surface area contributed by atoms with Gasteiger partial charge in [-0.25, -0.2) is 13.8 Å². The van der Waals surface area contributed by atoms with Gasteiger partial charge in [-0.15, -0.1) is 0 Å². The number of aromatic nitrogens is 4. The first-order valence-electron chi connectivity index (χ1n) is 16.5. The Bertz CT molecular complexity index is 1640. The Morgan fingerprint density at radius 3 is 2.25 bits per heavy atom. The van der Waals surface area contributed by atoms with E-state index in [1.165, 1.54) is 30.6 Å². The third-order valence-corrected chi connectivity index (χ3v) is 9.45. The molecule has 2 aromatic heterocycles. The zero-order chi connectivity index (χ0) is 33.0. The Balaban J connectivity index is 1.25. The fraction of sp³-hybridized carbons (Fsp3) is 0.417. The van der Waals surface area contributed by atoms with Crippen LogP contribution in [0.3, 0.4) is 0 Å². The maximum Gasteiger partial charge on any atom is 0.274 e. The third kappa shape index (κ3) is 7.00. The van der Waals surface area contributed by atoms with Crippen molar-refractivity contribution < 1.29 is 23.0 Å². The molecular weight excluding hydrogens is 616 g/mol. The van der Waals surface area contributed by atoms with Gasteiger partial charge in [0.15, 0.2) is 6.61 Å². The molecule has 4 aromatic rings. The summed E-state index contributed by atoms with van der Waals surface area (Å²) >= 11 is 0. The Labute approximate surface area is 278 Å². The summed E-state index contributed by atoms with van der Waals surface area (Å²) in [6.45, 7) is 2.62. The van der Waals surface area contributed by atoms with Gasteiger partial charge in [-0.3, -0.25) is 19.6 Å². The van der Waals surface area contributed by atoms with Crippen LogP contribution in [0.15, 0.2) is 79.3 Å². The molecule has 250 valence electrons. The van der Waals surface area contributed by atoms with E-state index >= 15 is 0 Å². The van der Waals surface area contributed by atoms with Gasteiger partial charge in [-0.05, 0) is 24.0 Å². The fourth-order valence-corrected chi connectivity index (χ4v) is 7.12. The highest BCUT2D eigenvalue weighted by Crippen LogP contribution is 2.42. The highest BCUT2D eigenvalue weighted by atomic mass is 19.3. The standard InChI is InChI=1S/C36H39F2N7O3/c1-47-34-28(35(48-23-31(37)38)42-33(41-34)26-12-13-26)21-43-19-27-20-44(36(46)29-18-39-14-15-40-29)16-17-45(27)30(22-43)32(24-8-4-2-5-9-24)25-10-6-3-7-11-25/h2-11,14-15,18,26-27,30-32H,12-13,16-17,19-23H2,1H3. The molecule has 3 fully saturated rings. The van der Waals surface area contributed by atoms with Crippen LogP contribution in [0.2, 0.25) is 0 Å². The molecule has 2 atom stereocenters. The number of ether oxygens (including phenoxy) is 2. The molecule has 10 nitrogen and oxygen atoms in total. The number of benzene rings is 2. The summed E-state index contributed by atoms with van der Waals surface area (Å²) in [6.07, 6.45) is 3.85. The molecule has 0 N–H and O–H groups in total. The number of methoxy groups -OCH3 is 1. The van der Waals surface area contributed by atoms with Crippen molar-refractivity contribution in [3.8, 4) is 11.8 Å². The maximum absolute atomic E-state index is 13.5. The Hall–Kier alpha value is -4.55. The molecule has 48 heavy (non-hydrogen) atoms. The summed E-state index contributed by atoms with van der Waals surface area (Å²) in [7, 11) is 1.54. The number of carbonyl (C=O) groups is 1. The second-order valence-electron chi connectivity index (χ2n) is 12.6. The van der Waals surface area contributed by atoms with Crippen molar-refractivity contribution in [2.45, 2.75) is 49.7 Å². The largest absolute Gasteiger partial charge is 0.481 e. The number of piperazine rings is 2. The van der Waals surface area contributed by atoms with Gasteiger partial charge in [0.05, 0.1) is 18.9 Å². The molecule has 1 saturated carbocycles. The molecule has 1 amide bonds. The first-order chi connectivity index (χ1) is 23.5. The Morgan fingerprint density at radius 2 is 1.62 bits per heavy atom. The molecule has 12 heteroatoms. The van der Waals surface area contributed by atoms with Crippen LogP contribution in [-0.2, 0) is 6.54 Å². The van der Waals surface area contributed by atoms with Crippen molar-refractivity contribution >= 4 is 5.91 Å². The number of fused-ring (bicyclic) bond motifs is 1. The molecule has 2 unspecified atom stereocenters. The van der Waals surface area contributed by atoms with Crippen LogP contribution in [0, 0.1) is 0 Å². The average molecular weight is 656 g/mol. The van der Waals surface area contributed by atoms with Crippen molar-refractivity contribution in [1.82, 2.24) is 34.6 Å². The van der Waals surface area contributed by atoms with E-state index < -0.39 is 13.0 Å². The lowest BCUT2D eigenvalue weighted by atomic mass is 9.81. The number of amides is 1. The quantitative estimate of drug-likeness (QED) is 0.229. The number of alkyl halides is 2. The molecule has 4 heterocycles. The second kappa shape index (κ2) is 14.3. The number of nitrogens with zero attached hydrogens (tertiary/aromatic N) is 7. The fourth-order valence-electron chi connectivity index (χ4n) is 7.12. The highest BCUT2D eigenvalue weighted by molar-refractivity contribution is 5.92. The van der Waals surface area contributed by atoms with E-state index in [0.717, 1.165) is 12.8 Å². The first kappa shape index (κ1) is 32.0. The summed E-state index contributed by atoms with van der Waals surface area (Å²) in [6, 6.07) is 21.0. The van der Waals surface area contributed by atoms with Gasteiger partial charge in [0.2, 0.25) is 11.8 Å². The van der Waals surface area contributed by atoms with E-state index in [-0.39, 0.29) is 35.7 Å². The van der Waals surface area contributed by atoms with Gasteiger partial charge in [0.1, 0.15) is 11.5 Å². The number of hydrogen-bond donors (Lipinski definition) is 0. The summed E-state index contributed by atoms with van der Waals surface area (Å²) in [5, 5.41) is 0. The van der Waals surface area contributed by atoms with Crippen LogP contribution in [0.5, 0.6) is 11.8 Å². The van der Waals surface area contributed by atoms with Crippen molar-refractivity contribution in [3.63, 3.8) is 0 Å². The van der Waals surface area contributed by atoms with Crippen LogP contribution >= 0.6 is 0 Å². The zero-order valence-electron chi connectivity index (χ0n) is 26.9. The molecule has 0 radical (unpaired) electrons. The van der Waals surface area contributed by atoms with Gasteiger partial charge in [-0.2, -0.15) is 9.97 Å².